The molecule has 0 saturated carbocycles. The number of nitrogens with zero attached hydrogens (tertiary/aromatic N) is 1. The quantitative estimate of drug-likeness (QED) is 0.254. The van der Waals surface area contributed by atoms with E-state index < -0.39 is 23.4 Å². The van der Waals surface area contributed by atoms with Crippen molar-refractivity contribution in [3.8, 4) is 17.2 Å². The number of amides is 1. The summed E-state index contributed by atoms with van der Waals surface area (Å²) in [6.45, 7) is 2.59. The van der Waals surface area contributed by atoms with Crippen LogP contribution in [0.3, 0.4) is 0 Å². The molecule has 4 aromatic rings. The topological polar surface area (TPSA) is 94.2 Å². The molecule has 8 nitrogen and oxygen atoms in total. The van der Waals surface area contributed by atoms with Crippen LogP contribution in [0.2, 0.25) is 0 Å². The first-order valence-electron chi connectivity index (χ1n) is 15.2. The minimum Gasteiger partial charge on any atom is -0.494 e. The van der Waals surface area contributed by atoms with Crippen LogP contribution in [-0.4, -0.2) is 41.8 Å². The lowest BCUT2D eigenvalue weighted by Crippen LogP contribution is -2.49. The Morgan fingerprint density at radius 1 is 0.911 bits per heavy atom. The van der Waals surface area contributed by atoms with E-state index in [2.05, 4.69) is 5.32 Å². The van der Waals surface area contributed by atoms with E-state index in [4.69, 9.17) is 14.2 Å². The fraction of sp³-hybridized carbons (Fsp3) is 0.216. The summed E-state index contributed by atoms with van der Waals surface area (Å²) in [5.74, 6) is -0.385. The summed E-state index contributed by atoms with van der Waals surface area (Å²) in [5, 5.41) is 3.09. The molecule has 0 aliphatic carbocycles. The number of carbonyl (C=O) groups is 3. The molecule has 45 heavy (non-hydrogen) atoms. The number of Topliss-reactive ketones (excluding diaryl/α,β-unsaturated/α-hetero) is 2. The fourth-order valence-corrected chi connectivity index (χ4v) is 7.53. The van der Waals surface area contributed by atoms with Gasteiger partial charge in [-0.1, -0.05) is 61.5 Å². The van der Waals surface area contributed by atoms with Crippen LogP contribution in [0.4, 0.5) is 5.69 Å². The van der Waals surface area contributed by atoms with Gasteiger partial charge in [-0.05, 0) is 65.6 Å². The summed E-state index contributed by atoms with van der Waals surface area (Å²) in [6, 6.07) is 25.8. The molecule has 4 aromatic carbocycles. The Hall–Kier alpha value is -5.37. The Morgan fingerprint density at radius 2 is 1.71 bits per heavy atom. The van der Waals surface area contributed by atoms with Crippen LogP contribution < -0.4 is 19.5 Å². The van der Waals surface area contributed by atoms with Crippen LogP contribution in [-0.2, 0) is 10.2 Å². The summed E-state index contributed by atoms with van der Waals surface area (Å²) >= 11 is 0. The Kier molecular flexibility index (Phi) is 6.27. The predicted octanol–water partition coefficient (Wildman–Crippen LogP) is 6.19. The summed E-state index contributed by atoms with van der Waals surface area (Å²) in [7, 11) is 0. The second kappa shape index (κ2) is 10.4. The van der Waals surface area contributed by atoms with Gasteiger partial charge in [-0.25, -0.2) is 0 Å². The smallest absolute Gasteiger partial charge is 0.238 e. The van der Waals surface area contributed by atoms with Crippen LogP contribution in [0.1, 0.15) is 56.8 Å². The predicted molar refractivity (Wildman–Crippen MR) is 168 cm³/mol. The highest BCUT2D eigenvalue weighted by Crippen LogP contribution is 2.62. The highest BCUT2D eigenvalue weighted by molar-refractivity contribution is 6.16. The molecule has 1 fully saturated rings. The lowest BCUT2D eigenvalue weighted by Gasteiger charge is -2.38. The van der Waals surface area contributed by atoms with Crippen LogP contribution >= 0.6 is 0 Å². The van der Waals surface area contributed by atoms with Crippen LogP contribution in [0.15, 0.2) is 97.2 Å². The molecule has 224 valence electrons. The molecule has 0 unspecified atom stereocenters. The molecule has 4 heterocycles. The number of nitrogens with one attached hydrogen (secondary N) is 1. The SMILES string of the molecule is CCCOc1cccc(C(=O)[C@H]2[C@@H](C(=O)c3ccc4c(c3)OCO4)N3C=Cc4ccccc4[C@@H]3[C@]23C(=O)Nc2ccccc23)c1. The summed E-state index contributed by atoms with van der Waals surface area (Å²) in [5.41, 5.74) is 2.50. The van der Waals surface area contributed by atoms with Crippen molar-refractivity contribution in [3.05, 3.63) is 125 Å². The van der Waals surface area contributed by atoms with Crippen LogP contribution in [0.5, 0.6) is 17.2 Å². The number of hydrogen-bond acceptors (Lipinski definition) is 7. The molecule has 1 saturated heterocycles. The molecule has 8 heteroatoms. The molecule has 1 amide bonds. The maximum atomic E-state index is 15.1. The van der Waals surface area contributed by atoms with E-state index >= 15 is 4.79 Å². The molecule has 8 rings (SSSR count). The van der Waals surface area contributed by atoms with Gasteiger partial charge in [0.1, 0.15) is 17.2 Å². The second-order valence-corrected chi connectivity index (χ2v) is 11.8. The normalized spacial score (nSPS) is 23.4. The summed E-state index contributed by atoms with van der Waals surface area (Å²) in [4.78, 5) is 46.5. The average Bonchev–Trinajstić information content (AvgIpc) is 3.76. The zero-order valence-electron chi connectivity index (χ0n) is 24.6. The fourth-order valence-electron chi connectivity index (χ4n) is 7.53. The van der Waals surface area contributed by atoms with Crippen molar-refractivity contribution in [1.29, 1.82) is 0 Å². The van der Waals surface area contributed by atoms with Gasteiger partial charge in [0.25, 0.3) is 0 Å². The van der Waals surface area contributed by atoms with Gasteiger partial charge in [0.15, 0.2) is 23.1 Å². The van der Waals surface area contributed by atoms with Gasteiger partial charge in [0.05, 0.1) is 18.6 Å². The van der Waals surface area contributed by atoms with Crippen molar-refractivity contribution >= 4 is 29.2 Å². The Bertz CT molecular complexity index is 1920. The van der Waals surface area contributed by atoms with Crippen molar-refractivity contribution in [3.63, 3.8) is 0 Å². The standard InChI is InChI=1S/C37H30N2O6/c1-2-18-43-25-10-7-9-23(19-25)33(40)31-32(34(41)24-14-15-29-30(20-24)45-21-44-29)39-17-16-22-8-3-4-11-26(22)35(39)37(31)27-12-5-6-13-28(27)38-36(37)42/h3-17,19-20,31-32,35H,2,18,21H2,1H3,(H,38,42)/t31-,32+,35-,37-/m1/s1. The van der Waals surface area contributed by atoms with E-state index in [0.717, 1.165) is 17.5 Å². The number of fused-ring (bicyclic) bond motifs is 7. The van der Waals surface area contributed by atoms with E-state index in [9.17, 15) is 9.59 Å². The van der Waals surface area contributed by atoms with Crippen molar-refractivity contribution in [1.82, 2.24) is 4.90 Å². The monoisotopic (exact) mass is 598 g/mol. The van der Waals surface area contributed by atoms with E-state index in [-0.39, 0.29) is 24.3 Å². The molecule has 0 aromatic heterocycles. The maximum absolute atomic E-state index is 15.1. The molecule has 1 N–H and O–H groups in total. The third kappa shape index (κ3) is 3.94. The van der Waals surface area contributed by atoms with Gasteiger partial charge in [-0.2, -0.15) is 0 Å². The van der Waals surface area contributed by atoms with E-state index in [1.54, 1.807) is 36.4 Å². The van der Waals surface area contributed by atoms with E-state index in [0.29, 0.717) is 46.2 Å². The minimum atomic E-state index is -1.41. The van der Waals surface area contributed by atoms with E-state index in [1.807, 2.05) is 78.7 Å². The highest BCUT2D eigenvalue weighted by Gasteiger charge is 2.70. The second-order valence-electron chi connectivity index (χ2n) is 11.8. The largest absolute Gasteiger partial charge is 0.494 e. The molecule has 4 atom stereocenters. The highest BCUT2D eigenvalue weighted by atomic mass is 16.7. The number of hydrogen-bond donors (Lipinski definition) is 1. The average molecular weight is 599 g/mol. The number of ether oxygens (including phenoxy) is 3. The van der Waals surface area contributed by atoms with Gasteiger partial charge in [0, 0.05) is 23.0 Å². The van der Waals surface area contributed by atoms with Gasteiger partial charge >= 0.3 is 0 Å². The summed E-state index contributed by atoms with van der Waals surface area (Å²) < 4.78 is 17.0. The maximum Gasteiger partial charge on any atom is 0.238 e. The Labute approximate surface area is 260 Å². The number of para-hydroxylation sites is 1. The first-order chi connectivity index (χ1) is 22.0. The molecule has 0 radical (unpaired) electrons. The number of benzene rings is 4. The van der Waals surface area contributed by atoms with Crippen molar-refractivity contribution < 1.29 is 28.6 Å². The lowest BCUT2D eigenvalue weighted by molar-refractivity contribution is -0.122. The zero-order chi connectivity index (χ0) is 30.7. The van der Waals surface area contributed by atoms with Gasteiger partial charge < -0.3 is 24.4 Å². The number of rotatable bonds is 7. The first kappa shape index (κ1) is 27.2. The van der Waals surface area contributed by atoms with Gasteiger partial charge in [-0.15, -0.1) is 0 Å². The van der Waals surface area contributed by atoms with Gasteiger partial charge in [-0.3, -0.25) is 14.4 Å². The van der Waals surface area contributed by atoms with Crippen molar-refractivity contribution in [2.45, 2.75) is 30.8 Å². The first-order valence-corrected chi connectivity index (χ1v) is 15.2. The molecule has 0 bridgehead atoms. The van der Waals surface area contributed by atoms with E-state index in [1.165, 1.54) is 0 Å². The Morgan fingerprint density at radius 3 is 2.60 bits per heavy atom. The molecular weight excluding hydrogens is 568 g/mol. The number of anilines is 1. The minimum absolute atomic E-state index is 0.0712. The third-order valence-corrected chi connectivity index (χ3v) is 9.37. The van der Waals surface area contributed by atoms with Crippen molar-refractivity contribution in [2.75, 3.05) is 18.7 Å². The third-order valence-electron chi connectivity index (χ3n) is 9.37. The molecule has 4 aliphatic heterocycles. The summed E-state index contributed by atoms with van der Waals surface area (Å²) in [6.07, 6.45) is 4.63. The number of ketones is 2. The zero-order valence-corrected chi connectivity index (χ0v) is 24.6. The molecular formula is C37H30N2O6. The number of carbonyl (C=O) groups excluding carboxylic acids is 3. The van der Waals surface area contributed by atoms with Crippen LogP contribution in [0, 0.1) is 5.92 Å². The Balaban J connectivity index is 1.37. The molecule has 4 aliphatic rings. The van der Waals surface area contributed by atoms with Crippen molar-refractivity contribution in [2.24, 2.45) is 5.92 Å². The molecule has 1 spiro atoms. The lowest BCUT2D eigenvalue weighted by atomic mass is 9.62. The van der Waals surface area contributed by atoms with Crippen LogP contribution in [0.25, 0.3) is 6.08 Å². The van der Waals surface area contributed by atoms with Gasteiger partial charge in [0.2, 0.25) is 12.7 Å².